The molecule has 1 fully saturated rings. The number of hydrogen-bond acceptors (Lipinski definition) is 2. The van der Waals surface area contributed by atoms with E-state index in [2.05, 4.69) is 36.5 Å². The predicted octanol–water partition coefficient (Wildman–Crippen LogP) is 3.42. The third-order valence-electron chi connectivity index (χ3n) is 4.31. The average molecular weight is 281 g/mol. The second-order valence-electron chi connectivity index (χ2n) is 5.94. The van der Waals surface area contributed by atoms with E-state index in [1.807, 2.05) is 12.1 Å². The van der Waals surface area contributed by atoms with Crippen molar-refractivity contribution in [3.05, 3.63) is 71.3 Å². The van der Waals surface area contributed by atoms with Gasteiger partial charge in [-0.3, -0.25) is 0 Å². The van der Waals surface area contributed by atoms with Crippen molar-refractivity contribution in [3.8, 4) is 0 Å². The van der Waals surface area contributed by atoms with Crippen LogP contribution in [0, 0.1) is 0 Å². The first-order valence-corrected chi connectivity index (χ1v) is 7.21. The molecule has 1 aliphatic carbocycles. The maximum atomic E-state index is 11.0. The zero-order chi connectivity index (χ0) is 14.9. The molecule has 0 spiro atoms. The first-order chi connectivity index (χ1) is 10.1. The monoisotopic (exact) mass is 281 g/mol. The van der Waals surface area contributed by atoms with Crippen LogP contribution in [0.2, 0.25) is 0 Å². The number of carbonyl (C=O) groups is 1. The number of rotatable bonds is 5. The fraction of sp³-hybridized carbons (Fsp3) is 0.278. The standard InChI is InChI=1S/C18H19NO2/c1-18(11-16(18)14-7-3-2-4-8-14)19-12-13-6-5-9-15(10-13)17(20)21/h2-10,16,19H,11-12H2,1H3,(H,20,21)/t16-,18+/m0/s1. The van der Waals surface area contributed by atoms with Gasteiger partial charge < -0.3 is 10.4 Å². The largest absolute Gasteiger partial charge is 0.478 e. The van der Waals surface area contributed by atoms with Crippen molar-refractivity contribution < 1.29 is 9.90 Å². The van der Waals surface area contributed by atoms with Gasteiger partial charge in [0.2, 0.25) is 0 Å². The summed E-state index contributed by atoms with van der Waals surface area (Å²) in [6, 6.07) is 17.6. The maximum absolute atomic E-state index is 11.0. The van der Waals surface area contributed by atoms with E-state index >= 15 is 0 Å². The van der Waals surface area contributed by atoms with E-state index in [-0.39, 0.29) is 5.54 Å². The van der Waals surface area contributed by atoms with Gasteiger partial charge in [0, 0.05) is 18.0 Å². The van der Waals surface area contributed by atoms with Crippen LogP contribution < -0.4 is 5.32 Å². The minimum absolute atomic E-state index is 0.112. The predicted molar refractivity (Wildman–Crippen MR) is 82.4 cm³/mol. The number of hydrogen-bond donors (Lipinski definition) is 2. The molecule has 3 nitrogen and oxygen atoms in total. The minimum Gasteiger partial charge on any atom is -0.478 e. The Hall–Kier alpha value is -2.13. The summed E-state index contributed by atoms with van der Waals surface area (Å²) in [7, 11) is 0. The first kappa shape index (κ1) is 13.8. The molecule has 3 rings (SSSR count). The molecule has 0 bridgehead atoms. The summed E-state index contributed by atoms with van der Waals surface area (Å²) in [5.74, 6) is -0.335. The van der Waals surface area contributed by atoms with Crippen LogP contribution in [0.5, 0.6) is 0 Å². The molecule has 1 saturated carbocycles. The van der Waals surface area contributed by atoms with Gasteiger partial charge >= 0.3 is 5.97 Å². The lowest BCUT2D eigenvalue weighted by Gasteiger charge is -2.14. The van der Waals surface area contributed by atoms with Gasteiger partial charge in [0.05, 0.1) is 5.56 Å². The Kier molecular flexibility index (Phi) is 3.52. The lowest BCUT2D eigenvalue weighted by atomic mass is 10.1. The third kappa shape index (κ3) is 2.98. The van der Waals surface area contributed by atoms with Crippen LogP contribution in [-0.2, 0) is 6.54 Å². The zero-order valence-corrected chi connectivity index (χ0v) is 12.0. The Labute approximate surface area is 124 Å². The van der Waals surface area contributed by atoms with Crippen LogP contribution in [0.4, 0.5) is 0 Å². The second-order valence-corrected chi connectivity index (χ2v) is 5.94. The highest BCUT2D eigenvalue weighted by molar-refractivity contribution is 5.87. The van der Waals surface area contributed by atoms with Crippen molar-refractivity contribution in [2.75, 3.05) is 0 Å². The molecule has 1 aliphatic rings. The number of aromatic carboxylic acids is 1. The van der Waals surface area contributed by atoms with E-state index in [9.17, 15) is 4.79 Å². The second kappa shape index (κ2) is 5.34. The average Bonchev–Trinajstić information content (AvgIpc) is 3.19. The molecule has 21 heavy (non-hydrogen) atoms. The lowest BCUT2D eigenvalue weighted by molar-refractivity contribution is 0.0696. The van der Waals surface area contributed by atoms with Gasteiger partial charge in [0.25, 0.3) is 0 Å². The fourth-order valence-electron chi connectivity index (χ4n) is 2.85. The number of carboxylic acid groups (broad SMARTS) is 1. The number of benzene rings is 2. The van der Waals surface area contributed by atoms with E-state index in [0.29, 0.717) is 18.0 Å². The van der Waals surface area contributed by atoms with Gasteiger partial charge in [-0.15, -0.1) is 0 Å². The Morgan fingerprint density at radius 3 is 2.71 bits per heavy atom. The summed E-state index contributed by atoms with van der Waals surface area (Å²) in [6.45, 7) is 2.92. The Morgan fingerprint density at radius 1 is 1.24 bits per heavy atom. The smallest absolute Gasteiger partial charge is 0.335 e. The molecule has 0 amide bonds. The fourth-order valence-corrected chi connectivity index (χ4v) is 2.85. The van der Waals surface area contributed by atoms with Crippen LogP contribution in [0.3, 0.4) is 0 Å². The first-order valence-electron chi connectivity index (χ1n) is 7.21. The van der Waals surface area contributed by atoms with Crippen molar-refractivity contribution >= 4 is 5.97 Å². The van der Waals surface area contributed by atoms with E-state index in [0.717, 1.165) is 12.0 Å². The van der Waals surface area contributed by atoms with Crippen molar-refractivity contribution in [1.29, 1.82) is 0 Å². The van der Waals surface area contributed by atoms with Gasteiger partial charge in [-0.05, 0) is 36.6 Å². The normalized spacial score (nSPS) is 23.8. The van der Waals surface area contributed by atoms with Crippen molar-refractivity contribution in [2.45, 2.75) is 31.3 Å². The van der Waals surface area contributed by atoms with Crippen molar-refractivity contribution in [3.63, 3.8) is 0 Å². The molecule has 0 unspecified atom stereocenters. The topological polar surface area (TPSA) is 49.3 Å². The van der Waals surface area contributed by atoms with Crippen molar-refractivity contribution in [2.24, 2.45) is 0 Å². The van der Waals surface area contributed by atoms with E-state index in [1.165, 1.54) is 5.56 Å². The molecule has 2 atom stereocenters. The van der Waals surface area contributed by atoms with Crippen LogP contribution in [0.25, 0.3) is 0 Å². The van der Waals surface area contributed by atoms with Crippen LogP contribution >= 0.6 is 0 Å². The summed E-state index contributed by atoms with van der Waals surface area (Å²) < 4.78 is 0. The molecular formula is C18H19NO2. The van der Waals surface area contributed by atoms with Gasteiger partial charge in [0.1, 0.15) is 0 Å². The Bertz CT molecular complexity index is 653. The zero-order valence-electron chi connectivity index (χ0n) is 12.0. The Morgan fingerprint density at radius 2 is 2.00 bits per heavy atom. The van der Waals surface area contributed by atoms with E-state index in [1.54, 1.807) is 18.2 Å². The molecule has 0 saturated heterocycles. The highest BCUT2D eigenvalue weighted by atomic mass is 16.4. The quantitative estimate of drug-likeness (QED) is 0.883. The highest BCUT2D eigenvalue weighted by Gasteiger charge is 2.50. The van der Waals surface area contributed by atoms with Gasteiger partial charge in [0.15, 0.2) is 0 Å². The van der Waals surface area contributed by atoms with Gasteiger partial charge in [-0.2, -0.15) is 0 Å². The molecule has 3 heteroatoms. The summed E-state index contributed by atoms with van der Waals surface area (Å²) in [6.07, 6.45) is 1.12. The highest BCUT2D eigenvalue weighted by Crippen LogP contribution is 2.51. The van der Waals surface area contributed by atoms with Gasteiger partial charge in [-0.25, -0.2) is 4.79 Å². The summed E-state index contributed by atoms with van der Waals surface area (Å²) in [5, 5.41) is 12.6. The Balaban J connectivity index is 1.64. The SMILES string of the molecule is C[C@@]1(NCc2cccc(C(=O)O)c2)C[C@H]1c1ccccc1. The summed E-state index contributed by atoms with van der Waals surface area (Å²) in [4.78, 5) is 11.0. The molecule has 2 aromatic rings. The summed E-state index contributed by atoms with van der Waals surface area (Å²) >= 11 is 0. The molecule has 0 aromatic heterocycles. The van der Waals surface area contributed by atoms with E-state index < -0.39 is 5.97 Å². The molecule has 0 heterocycles. The molecule has 108 valence electrons. The minimum atomic E-state index is -0.878. The van der Waals surface area contributed by atoms with Gasteiger partial charge in [-0.1, -0.05) is 42.5 Å². The van der Waals surface area contributed by atoms with E-state index in [4.69, 9.17) is 5.11 Å². The van der Waals surface area contributed by atoms with Crippen LogP contribution in [0.1, 0.15) is 40.7 Å². The maximum Gasteiger partial charge on any atom is 0.335 e. The number of carboxylic acids is 1. The van der Waals surface area contributed by atoms with Crippen LogP contribution in [0.15, 0.2) is 54.6 Å². The molecule has 0 aliphatic heterocycles. The molecule has 2 N–H and O–H groups in total. The number of nitrogens with one attached hydrogen (secondary N) is 1. The molecular weight excluding hydrogens is 262 g/mol. The van der Waals surface area contributed by atoms with Crippen LogP contribution in [-0.4, -0.2) is 16.6 Å². The van der Waals surface area contributed by atoms with Crippen molar-refractivity contribution in [1.82, 2.24) is 5.32 Å². The molecule has 0 radical (unpaired) electrons. The lowest BCUT2D eigenvalue weighted by Crippen LogP contribution is -2.29. The third-order valence-corrected chi connectivity index (χ3v) is 4.31. The molecule has 2 aromatic carbocycles. The summed E-state index contributed by atoms with van der Waals surface area (Å²) in [5.41, 5.74) is 2.83.